The summed E-state index contributed by atoms with van der Waals surface area (Å²) in [5, 5.41) is 1.15. The van der Waals surface area contributed by atoms with Gasteiger partial charge in [-0.05, 0) is 35.9 Å². The van der Waals surface area contributed by atoms with E-state index < -0.39 is 0 Å². The number of nitrogens with zero attached hydrogens (tertiary/aromatic N) is 3. The quantitative estimate of drug-likeness (QED) is 0.716. The average Bonchev–Trinajstić information content (AvgIpc) is 2.74. The predicted octanol–water partition coefficient (Wildman–Crippen LogP) is 3.13. The first-order valence-electron chi connectivity index (χ1n) is 9.24. The van der Waals surface area contributed by atoms with Crippen LogP contribution in [0.4, 0.5) is 5.82 Å². The minimum Gasteiger partial charge on any atom is -0.497 e. The normalized spacial score (nSPS) is 14.4. The zero-order chi connectivity index (χ0) is 18.6. The topological polar surface area (TPSA) is 45.7 Å². The summed E-state index contributed by atoms with van der Waals surface area (Å²) in [6.45, 7) is 3.06. The molecule has 0 N–H and O–H groups in total. The van der Waals surface area contributed by atoms with E-state index in [0.717, 1.165) is 54.2 Å². The molecule has 0 saturated carbocycles. The summed E-state index contributed by atoms with van der Waals surface area (Å²) in [5.74, 6) is 1.96. The number of anilines is 1. The number of benzene rings is 2. The summed E-state index contributed by atoms with van der Waals surface area (Å²) in [6, 6.07) is 20.0. The maximum atomic E-state index is 12.6. The molecule has 1 saturated heterocycles. The summed E-state index contributed by atoms with van der Waals surface area (Å²) >= 11 is 0. The highest BCUT2D eigenvalue weighted by Crippen LogP contribution is 2.19. The molecule has 3 aromatic rings. The van der Waals surface area contributed by atoms with E-state index >= 15 is 0 Å². The second kappa shape index (κ2) is 7.66. The van der Waals surface area contributed by atoms with Crippen molar-refractivity contribution in [2.45, 2.75) is 6.42 Å². The molecular formula is C22H23N3O2. The van der Waals surface area contributed by atoms with Crippen LogP contribution in [0.1, 0.15) is 5.56 Å². The van der Waals surface area contributed by atoms with E-state index in [0.29, 0.717) is 6.42 Å². The average molecular weight is 361 g/mol. The Morgan fingerprint density at radius 3 is 2.44 bits per heavy atom. The number of hydrogen-bond acceptors (Lipinski definition) is 4. The van der Waals surface area contributed by atoms with Crippen molar-refractivity contribution in [3.8, 4) is 5.75 Å². The molecule has 5 heteroatoms. The SMILES string of the molecule is COc1ccc(CC(=O)N2CCN(c3ccc4ccccc4n3)CC2)cc1. The monoisotopic (exact) mass is 361 g/mol. The van der Waals surface area contributed by atoms with Crippen molar-refractivity contribution in [2.24, 2.45) is 0 Å². The van der Waals surface area contributed by atoms with Gasteiger partial charge in [0.25, 0.3) is 0 Å². The van der Waals surface area contributed by atoms with Crippen LogP contribution < -0.4 is 9.64 Å². The summed E-state index contributed by atoms with van der Waals surface area (Å²) in [5.41, 5.74) is 2.02. The molecule has 0 unspecified atom stereocenters. The molecule has 1 aliphatic rings. The predicted molar refractivity (Wildman–Crippen MR) is 107 cm³/mol. The van der Waals surface area contributed by atoms with Gasteiger partial charge < -0.3 is 14.5 Å². The van der Waals surface area contributed by atoms with E-state index in [1.165, 1.54) is 0 Å². The fourth-order valence-electron chi connectivity index (χ4n) is 3.45. The lowest BCUT2D eigenvalue weighted by Crippen LogP contribution is -2.49. The van der Waals surface area contributed by atoms with Crippen LogP contribution in [-0.4, -0.2) is 49.1 Å². The zero-order valence-electron chi connectivity index (χ0n) is 15.5. The van der Waals surface area contributed by atoms with E-state index in [1.807, 2.05) is 47.4 Å². The first-order valence-corrected chi connectivity index (χ1v) is 9.24. The Bertz CT molecular complexity index is 932. The molecule has 0 atom stereocenters. The van der Waals surface area contributed by atoms with Crippen LogP contribution in [0.25, 0.3) is 10.9 Å². The highest BCUT2D eigenvalue weighted by atomic mass is 16.5. The van der Waals surface area contributed by atoms with Gasteiger partial charge in [0.1, 0.15) is 11.6 Å². The third-order valence-electron chi connectivity index (χ3n) is 5.05. The molecule has 2 heterocycles. The van der Waals surface area contributed by atoms with Crippen molar-refractivity contribution in [3.63, 3.8) is 0 Å². The first-order chi connectivity index (χ1) is 13.2. The van der Waals surface area contributed by atoms with Crippen LogP contribution in [0.5, 0.6) is 5.75 Å². The third-order valence-corrected chi connectivity index (χ3v) is 5.05. The molecule has 0 bridgehead atoms. The molecule has 0 aliphatic carbocycles. The van der Waals surface area contributed by atoms with Gasteiger partial charge in [0.2, 0.25) is 5.91 Å². The molecule has 1 amide bonds. The molecule has 27 heavy (non-hydrogen) atoms. The lowest BCUT2D eigenvalue weighted by molar-refractivity contribution is -0.130. The molecule has 0 radical (unpaired) electrons. The summed E-state index contributed by atoms with van der Waals surface area (Å²) < 4.78 is 5.16. The van der Waals surface area contributed by atoms with E-state index in [2.05, 4.69) is 23.1 Å². The second-order valence-corrected chi connectivity index (χ2v) is 6.75. The van der Waals surface area contributed by atoms with Gasteiger partial charge >= 0.3 is 0 Å². The van der Waals surface area contributed by atoms with Gasteiger partial charge in [-0.15, -0.1) is 0 Å². The Kier molecular flexibility index (Phi) is 4.92. The van der Waals surface area contributed by atoms with E-state index in [4.69, 9.17) is 9.72 Å². The number of amides is 1. The number of fused-ring (bicyclic) bond motifs is 1. The maximum absolute atomic E-state index is 12.6. The second-order valence-electron chi connectivity index (χ2n) is 6.75. The molecular weight excluding hydrogens is 338 g/mol. The minimum atomic E-state index is 0.172. The van der Waals surface area contributed by atoms with E-state index in [1.54, 1.807) is 7.11 Å². The van der Waals surface area contributed by atoms with Crippen LogP contribution in [0.2, 0.25) is 0 Å². The van der Waals surface area contributed by atoms with Gasteiger partial charge in [0, 0.05) is 31.6 Å². The number of carbonyl (C=O) groups excluding carboxylic acids is 1. The number of pyridine rings is 1. The molecule has 0 spiro atoms. The van der Waals surface area contributed by atoms with Crippen LogP contribution >= 0.6 is 0 Å². The van der Waals surface area contributed by atoms with Crippen LogP contribution in [-0.2, 0) is 11.2 Å². The third kappa shape index (κ3) is 3.87. The maximum Gasteiger partial charge on any atom is 0.227 e. The summed E-state index contributed by atoms with van der Waals surface area (Å²) in [6.07, 6.45) is 0.429. The number of rotatable bonds is 4. The van der Waals surface area contributed by atoms with Crippen molar-refractivity contribution in [1.29, 1.82) is 0 Å². The van der Waals surface area contributed by atoms with Crippen LogP contribution in [0.3, 0.4) is 0 Å². The van der Waals surface area contributed by atoms with Crippen molar-refractivity contribution < 1.29 is 9.53 Å². The Balaban J connectivity index is 1.36. The van der Waals surface area contributed by atoms with Crippen LogP contribution in [0.15, 0.2) is 60.7 Å². The summed E-state index contributed by atoms with van der Waals surface area (Å²) in [7, 11) is 1.64. The Labute approximate surface area is 159 Å². The van der Waals surface area contributed by atoms with Crippen molar-refractivity contribution in [2.75, 3.05) is 38.2 Å². The summed E-state index contributed by atoms with van der Waals surface area (Å²) in [4.78, 5) is 21.6. The Hall–Kier alpha value is -3.08. The minimum absolute atomic E-state index is 0.172. The van der Waals surface area contributed by atoms with Gasteiger partial charge in [-0.25, -0.2) is 4.98 Å². The molecule has 1 aliphatic heterocycles. The van der Waals surface area contributed by atoms with Crippen molar-refractivity contribution >= 4 is 22.6 Å². The number of carbonyl (C=O) groups is 1. The van der Waals surface area contributed by atoms with E-state index in [-0.39, 0.29) is 5.91 Å². The number of piperazine rings is 1. The highest BCUT2D eigenvalue weighted by Gasteiger charge is 2.22. The zero-order valence-corrected chi connectivity index (χ0v) is 15.5. The number of para-hydroxylation sites is 1. The molecule has 138 valence electrons. The lowest BCUT2D eigenvalue weighted by atomic mass is 10.1. The first kappa shape index (κ1) is 17.3. The molecule has 4 rings (SSSR count). The van der Waals surface area contributed by atoms with Crippen molar-refractivity contribution in [1.82, 2.24) is 9.88 Å². The molecule has 1 fully saturated rings. The number of aromatic nitrogens is 1. The Morgan fingerprint density at radius 2 is 1.70 bits per heavy atom. The fraction of sp³-hybridized carbons (Fsp3) is 0.273. The van der Waals surface area contributed by atoms with Gasteiger partial charge in [0.15, 0.2) is 0 Å². The molecule has 5 nitrogen and oxygen atoms in total. The molecule has 2 aromatic carbocycles. The van der Waals surface area contributed by atoms with Crippen molar-refractivity contribution in [3.05, 3.63) is 66.2 Å². The number of hydrogen-bond donors (Lipinski definition) is 0. The highest BCUT2D eigenvalue weighted by molar-refractivity contribution is 5.81. The van der Waals surface area contributed by atoms with E-state index in [9.17, 15) is 4.79 Å². The molecule has 1 aromatic heterocycles. The van der Waals surface area contributed by atoms with Gasteiger partial charge in [-0.2, -0.15) is 0 Å². The lowest BCUT2D eigenvalue weighted by Gasteiger charge is -2.35. The largest absolute Gasteiger partial charge is 0.497 e. The standard InChI is InChI=1S/C22H23N3O2/c1-27-19-9-6-17(7-10-19)16-22(26)25-14-12-24(13-15-25)21-11-8-18-4-2-3-5-20(18)23-21/h2-11H,12-16H2,1H3. The fourth-order valence-corrected chi connectivity index (χ4v) is 3.45. The van der Waals surface area contributed by atoms with Gasteiger partial charge in [-0.1, -0.05) is 30.3 Å². The van der Waals surface area contributed by atoms with Gasteiger partial charge in [0.05, 0.1) is 19.0 Å². The smallest absolute Gasteiger partial charge is 0.227 e. The van der Waals surface area contributed by atoms with Gasteiger partial charge in [-0.3, -0.25) is 4.79 Å². The Morgan fingerprint density at radius 1 is 0.963 bits per heavy atom. The number of ether oxygens (including phenoxy) is 1. The number of methoxy groups -OCH3 is 1. The van der Waals surface area contributed by atoms with Crippen LogP contribution in [0, 0.1) is 0 Å².